The number of hydrogen-bond donors (Lipinski definition) is 0. The van der Waals surface area contributed by atoms with Gasteiger partial charge in [0.15, 0.2) is 5.78 Å². The second-order valence-corrected chi connectivity index (χ2v) is 9.34. The van der Waals surface area contributed by atoms with Crippen molar-refractivity contribution in [2.45, 2.75) is 71.9 Å². The summed E-state index contributed by atoms with van der Waals surface area (Å²) >= 11 is 0. The first-order valence-corrected chi connectivity index (χ1v) is 10.8. The number of nitrogens with zero attached hydrogens (tertiary/aromatic N) is 1. The second-order valence-electron chi connectivity index (χ2n) is 9.34. The lowest BCUT2D eigenvalue weighted by molar-refractivity contribution is -0.158. The molecule has 2 fully saturated rings. The molecule has 2 aliphatic rings. The summed E-state index contributed by atoms with van der Waals surface area (Å²) in [5.41, 5.74) is 0.297. The van der Waals surface area contributed by atoms with E-state index in [1.807, 2.05) is 51.1 Å². The summed E-state index contributed by atoms with van der Waals surface area (Å²) in [5, 5.41) is 0. The van der Waals surface area contributed by atoms with E-state index in [1.165, 1.54) is 0 Å². The smallest absolute Gasteiger partial charge is 0.329 e. The van der Waals surface area contributed by atoms with Gasteiger partial charge in [-0.1, -0.05) is 70.4 Å². The maximum absolute atomic E-state index is 13.7. The predicted molar refractivity (Wildman–Crippen MR) is 111 cm³/mol. The van der Waals surface area contributed by atoms with Gasteiger partial charge < -0.3 is 9.64 Å². The number of ether oxygens (including phenoxy) is 1. The number of esters is 1. The molecule has 0 bridgehead atoms. The summed E-state index contributed by atoms with van der Waals surface area (Å²) in [6.45, 7) is 7.85. The maximum Gasteiger partial charge on any atom is 0.329 e. The highest BCUT2D eigenvalue weighted by molar-refractivity contribution is 6.02. The summed E-state index contributed by atoms with van der Waals surface area (Å²) in [5.74, 6) is -1.33. The van der Waals surface area contributed by atoms with Crippen LogP contribution in [0.1, 0.15) is 71.4 Å². The van der Waals surface area contributed by atoms with Crippen molar-refractivity contribution in [3.63, 3.8) is 0 Å². The van der Waals surface area contributed by atoms with Crippen LogP contribution in [-0.4, -0.2) is 35.2 Å². The molecule has 1 saturated carbocycles. The van der Waals surface area contributed by atoms with Gasteiger partial charge in [-0.2, -0.15) is 0 Å². The van der Waals surface area contributed by atoms with Crippen molar-refractivity contribution in [3.8, 4) is 0 Å². The van der Waals surface area contributed by atoms with Gasteiger partial charge in [0.1, 0.15) is 12.1 Å². The molecule has 1 amide bonds. The lowest BCUT2D eigenvalue weighted by atomic mass is 9.74. The molecule has 0 unspecified atom stereocenters. The van der Waals surface area contributed by atoms with E-state index in [-0.39, 0.29) is 24.2 Å². The minimum absolute atomic E-state index is 0.0640. The zero-order chi connectivity index (χ0) is 21.2. The zero-order valence-electron chi connectivity index (χ0n) is 18.0. The van der Waals surface area contributed by atoms with Crippen LogP contribution < -0.4 is 0 Å². The van der Waals surface area contributed by atoms with Crippen LogP contribution >= 0.6 is 0 Å². The van der Waals surface area contributed by atoms with Gasteiger partial charge >= 0.3 is 5.97 Å². The van der Waals surface area contributed by atoms with Gasteiger partial charge in [-0.3, -0.25) is 9.59 Å². The fourth-order valence-electron chi connectivity index (χ4n) is 4.95. The Morgan fingerprint density at radius 1 is 1.07 bits per heavy atom. The molecule has 0 radical (unpaired) electrons. The molecule has 1 heterocycles. The molecule has 1 saturated heterocycles. The highest BCUT2D eigenvalue weighted by atomic mass is 16.5. The topological polar surface area (TPSA) is 63.7 Å². The monoisotopic (exact) mass is 399 g/mol. The number of amides is 1. The van der Waals surface area contributed by atoms with E-state index in [0.717, 1.165) is 37.7 Å². The zero-order valence-corrected chi connectivity index (χ0v) is 18.0. The number of likely N-dealkylation sites (tertiary alicyclic amines) is 1. The Kier molecular flexibility index (Phi) is 6.45. The largest absolute Gasteiger partial charge is 0.464 e. The summed E-state index contributed by atoms with van der Waals surface area (Å²) in [4.78, 5) is 42.0. The molecule has 1 aromatic carbocycles. The highest BCUT2D eigenvalue weighted by Gasteiger charge is 2.58. The van der Waals surface area contributed by atoms with Gasteiger partial charge in [0, 0.05) is 5.92 Å². The molecule has 1 aromatic rings. The van der Waals surface area contributed by atoms with Gasteiger partial charge in [-0.05, 0) is 30.7 Å². The minimum atomic E-state index is -0.873. The molecule has 0 N–H and O–H groups in total. The number of rotatable bonds is 4. The van der Waals surface area contributed by atoms with Crippen LogP contribution in [0.3, 0.4) is 0 Å². The Hall–Kier alpha value is -2.17. The van der Waals surface area contributed by atoms with E-state index in [4.69, 9.17) is 4.74 Å². The standard InChI is InChI=1S/C24H33NO4/c1-5-29-23(28)20-18(24(2,3)4)21(26)19(16-12-8-6-9-13-16)25(20)22(27)17-14-10-7-11-15-17/h6,8-9,12-13,17-20H,5,7,10-11,14-15H2,1-4H3/t18-,19+,20+/m1/s1. The van der Waals surface area contributed by atoms with E-state index < -0.39 is 29.4 Å². The Balaban J connectivity index is 2.10. The third-order valence-corrected chi connectivity index (χ3v) is 6.25. The SMILES string of the molecule is CCOC(=O)[C@@H]1[C@@H](C(C)(C)C)C(=O)[C@H](c2ccccc2)N1C(=O)C1CCCCC1. The summed E-state index contributed by atoms with van der Waals surface area (Å²) < 4.78 is 5.37. The normalized spacial score (nSPS) is 25.9. The lowest BCUT2D eigenvalue weighted by Crippen LogP contribution is -2.49. The third kappa shape index (κ3) is 4.24. The number of benzene rings is 1. The fourth-order valence-corrected chi connectivity index (χ4v) is 4.95. The van der Waals surface area contributed by atoms with E-state index in [2.05, 4.69) is 0 Å². The Morgan fingerprint density at radius 2 is 1.69 bits per heavy atom. The molecule has 3 rings (SSSR count). The number of carbonyl (C=O) groups is 3. The van der Waals surface area contributed by atoms with Gasteiger partial charge in [-0.15, -0.1) is 0 Å². The van der Waals surface area contributed by atoms with Gasteiger partial charge in [-0.25, -0.2) is 4.79 Å². The van der Waals surface area contributed by atoms with Crippen LogP contribution in [0.25, 0.3) is 0 Å². The molecule has 29 heavy (non-hydrogen) atoms. The van der Waals surface area contributed by atoms with Crippen LogP contribution in [0.4, 0.5) is 0 Å². The fraction of sp³-hybridized carbons (Fsp3) is 0.625. The molecule has 5 heteroatoms. The lowest BCUT2D eigenvalue weighted by Gasteiger charge is -2.35. The van der Waals surface area contributed by atoms with E-state index in [0.29, 0.717) is 0 Å². The van der Waals surface area contributed by atoms with Crippen molar-refractivity contribution in [2.75, 3.05) is 6.61 Å². The molecule has 1 aliphatic heterocycles. The average molecular weight is 400 g/mol. The highest BCUT2D eigenvalue weighted by Crippen LogP contribution is 2.46. The van der Waals surface area contributed by atoms with Crippen molar-refractivity contribution in [2.24, 2.45) is 17.3 Å². The van der Waals surface area contributed by atoms with Gasteiger partial charge in [0.05, 0.1) is 12.5 Å². The summed E-state index contributed by atoms with van der Waals surface area (Å²) in [6.07, 6.45) is 4.81. The number of hydrogen-bond acceptors (Lipinski definition) is 4. The molecule has 158 valence electrons. The van der Waals surface area contributed by atoms with Crippen molar-refractivity contribution in [1.82, 2.24) is 4.90 Å². The van der Waals surface area contributed by atoms with Crippen LogP contribution in [0, 0.1) is 17.3 Å². The third-order valence-electron chi connectivity index (χ3n) is 6.25. The van der Waals surface area contributed by atoms with E-state index in [9.17, 15) is 14.4 Å². The Labute approximate surface area is 173 Å². The maximum atomic E-state index is 13.7. The molecule has 3 atom stereocenters. The molecular weight excluding hydrogens is 366 g/mol. The minimum Gasteiger partial charge on any atom is -0.464 e. The molecule has 0 aromatic heterocycles. The van der Waals surface area contributed by atoms with Gasteiger partial charge in [0.2, 0.25) is 5.91 Å². The van der Waals surface area contributed by atoms with E-state index >= 15 is 0 Å². The molecule has 1 aliphatic carbocycles. The second kappa shape index (κ2) is 8.68. The van der Waals surface area contributed by atoms with Crippen molar-refractivity contribution in [1.29, 1.82) is 0 Å². The first-order chi connectivity index (χ1) is 13.8. The van der Waals surface area contributed by atoms with Crippen molar-refractivity contribution < 1.29 is 19.1 Å². The van der Waals surface area contributed by atoms with Gasteiger partial charge in [0.25, 0.3) is 0 Å². The first kappa shape index (κ1) is 21.5. The van der Waals surface area contributed by atoms with E-state index in [1.54, 1.807) is 11.8 Å². The van der Waals surface area contributed by atoms with Crippen LogP contribution in [0.5, 0.6) is 0 Å². The van der Waals surface area contributed by atoms with Crippen molar-refractivity contribution >= 4 is 17.7 Å². The molecular formula is C24H33NO4. The Morgan fingerprint density at radius 3 is 2.24 bits per heavy atom. The first-order valence-electron chi connectivity index (χ1n) is 10.8. The van der Waals surface area contributed by atoms with Crippen LogP contribution in [0.2, 0.25) is 0 Å². The van der Waals surface area contributed by atoms with Crippen molar-refractivity contribution in [3.05, 3.63) is 35.9 Å². The Bertz CT molecular complexity index is 746. The number of ketones is 1. The average Bonchev–Trinajstić information content (AvgIpc) is 3.02. The number of carbonyl (C=O) groups excluding carboxylic acids is 3. The van der Waals surface area contributed by atoms with Crippen LogP contribution in [-0.2, 0) is 19.1 Å². The quantitative estimate of drug-likeness (QED) is 0.708. The summed E-state index contributed by atoms with van der Waals surface area (Å²) in [6, 6.07) is 7.77. The summed E-state index contributed by atoms with van der Waals surface area (Å²) in [7, 11) is 0. The molecule has 0 spiro atoms. The molecule has 5 nitrogen and oxygen atoms in total. The van der Waals surface area contributed by atoms with Crippen LogP contribution in [0.15, 0.2) is 30.3 Å². The predicted octanol–water partition coefficient (Wildman–Crippen LogP) is 4.31. The number of Topliss-reactive ketones (excluding diaryl/α,β-unsaturated/α-hetero) is 1.